The van der Waals surface area contributed by atoms with E-state index in [1.165, 1.54) is 20.3 Å². The highest BCUT2D eigenvalue weighted by Gasteiger charge is 2.50. The predicted molar refractivity (Wildman–Crippen MR) is 101 cm³/mol. The highest BCUT2D eigenvalue weighted by molar-refractivity contribution is 5.89. The Bertz CT molecular complexity index is 730. The van der Waals surface area contributed by atoms with Crippen molar-refractivity contribution < 1.29 is 39.9 Å². The lowest BCUT2D eigenvalue weighted by Crippen LogP contribution is -2.65. The van der Waals surface area contributed by atoms with Crippen LogP contribution in [0.4, 0.5) is 5.69 Å². The summed E-state index contributed by atoms with van der Waals surface area (Å²) in [6.07, 6.45) is -5.21. The number of amides is 2. The minimum atomic E-state index is -2.09. The average molecular weight is 411 g/mol. The fraction of sp³-hybridized carbons (Fsp3) is 0.526. The molecule has 10 heteroatoms. The Morgan fingerprint density at radius 1 is 1.28 bits per heavy atom. The fourth-order valence-electron chi connectivity index (χ4n) is 3.29. The Morgan fingerprint density at radius 3 is 2.52 bits per heavy atom. The van der Waals surface area contributed by atoms with Crippen LogP contribution >= 0.6 is 0 Å². The third-order valence-corrected chi connectivity index (χ3v) is 4.55. The SMILES string of the molecule is CC(=O)Nc1ccccc1[CH][C@]1(O)C[C@H](O)[C@@H](NC(C)=O)[C@H]([C@H](O)[C@H](O)CO)O1. The van der Waals surface area contributed by atoms with Gasteiger partial charge in [-0.15, -0.1) is 0 Å². The molecule has 29 heavy (non-hydrogen) atoms. The van der Waals surface area contributed by atoms with E-state index in [1.54, 1.807) is 24.3 Å². The second-order valence-electron chi connectivity index (χ2n) is 7.08. The van der Waals surface area contributed by atoms with Crippen molar-refractivity contribution in [1.29, 1.82) is 0 Å². The van der Waals surface area contributed by atoms with Crippen LogP contribution in [0.15, 0.2) is 24.3 Å². The number of nitrogens with one attached hydrogen (secondary N) is 2. The van der Waals surface area contributed by atoms with Gasteiger partial charge in [-0.1, -0.05) is 18.2 Å². The molecular weight excluding hydrogens is 384 g/mol. The molecule has 0 bridgehead atoms. The monoisotopic (exact) mass is 411 g/mol. The number of rotatable bonds is 7. The van der Waals surface area contributed by atoms with Crippen LogP contribution in [0.25, 0.3) is 0 Å². The third-order valence-electron chi connectivity index (χ3n) is 4.55. The van der Waals surface area contributed by atoms with Crippen LogP contribution in [0.3, 0.4) is 0 Å². The molecule has 1 heterocycles. The summed E-state index contributed by atoms with van der Waals surface area (Å²) in [4.78, 5) is 22.9. The second-order valence-corrected chi connectivity index (χ2v) is 7.08. The number of carbonyl (C=O) groups excluding carboxylic acids is 2. The van der Waals surface area contributed by atoms with Crippen LogP contribution in [-0.4, -0.2) is 80.2 Å². The fourth-order valence-corrected chi connectivity index (χ4v) is 3.29. The summed E-state index contributed by atoms with van der Waals surface area (Å²) >= 11 is 0. The Hall–Kier alpha value is -2.08. The molecule has 1 aromatic rings. The zero-order chi connectivity index (χ0) is 21.8. The molecule has 1 fully saturated rings. The smallest absolute Gasteiger partial charge is 0.221 e. The zero-order valence-corrected chi connectivity index (χ0v) is 16.1. The van der Waals surface area contributed by atoms with Crippen molar-refractivity contribution >= 4 is 17.5 Å². The Labute approximate surface area is 168 Å². The first-order valence-corrected chi connectivity index (χ1v) is 9.11. The number of anilines is 1. The van der Waals surface area contributed by atoms with E-state index in [-0.39, 0.29) is 12.3 Å². The molecule has 0 unspecified atom stereocenters. The first-order valence-electron chi connectivity index (χ1n) is 9.11. The van der Waals surface area contributed by atoms with E-state index in [2.05, 4.69) is 10.6 Å². The van der Waals surface area contributed by atoms with Gasteiger partial charge in [0.25, 0.3) is 0 Å². The van der Waals surface area contributed by atoms with Gasteiger partial charge in [0, 0.05) is 26.0 Å². The summed E-state index contributed by atoms with van der Waals surface area (Å²) in [6.45, 7) is 1.74. The summed E-state index contributed by atoms with van der Waals surface area (Å²) in [5.74, 6) is -2.93. The zero-order valence-electron chi connectivity index (χ0n) is 16.1. The van der Waals surface area contributed by atoms with E-state index in [1.807, 2.05) is 0 Å². The van der Waals surface area contributed by atoms with Crippen molar-refractivity contribution in [3.8, 4) is 0 Å². The van der Waals surface area contributed by atoms with Gasteiger partial charge < -0.3 is 40.9 Å². The van der Waals surface area contributed by atoms with Crippen molar-refractivity contribution in [2.75, 3.05) is 11.9 Å². The summed E-state index contributed by atoms with van der Waals surface area (Å²) in [7, 11) is 0. The van der Waals surface area contributed by atoms with Crippen molar-refractivity contribution in [3.63, 3.8) is 0 Å². The molecule has 0 spiro atoms. The predicted octanol–water partition coefficient (Wildman–Crippen LogP) is -1.75. The third kappa shape index (κ3) is 5.95. The minimum absolute atomic E-state index is 0.326. The van der Waals surface area contributed by atoms with Gasteiger partial charge in [0.05, 0.1) is 25.2 Å². The van der Waals surface area contributed by atoms with Crippen LogP contribution < -0.4 is 10.6 Å². The van der Waals surface area contributed by atoms with Crippen LogP contribution in [0.5, 0.6) is 0 Å². The number of aliphatic hydroxyl groups is 5. The number of carbonyl (C=O) groups is 2. The van der Waals surface area contributed by atoms with Crippen LogP contribution in [0, 0.1) is 6.42 Å². The van der Waals surface area contributed by atoms with Gasteiger partial charge in [-0.3, -0.25) is 9.59 Å². The van der Waals surface area contributed by atoms with Gasteiger partial charge in [-0.25, -0.2) is 0 Å². The Balaban J connectivity index is 2.31. The lowest BCUT2D eigenvalue weighted by molar-refractivity contribution is -0.283. The molecule has 7 N–H and O–H groups in total. The van der Waals surface area contributed by atoms with E-state index in [0.717, 1.165) is 0 Å². The standard InChI is InChI=1S/C19H27N2O8/c1-10(23)20-13-6-4-3-5-12(13)7-19(28)8-14(25)16(21-11(2)24)18(29-19)17(27)15(26)9-22/h3-7,14-18,22,25-28H,8-9H2,1-2H3,(H,20,23)(H,21,24)/t14-,15+,16+,17+,18+,19+/m0/s1. The van der Waals surface area contributed by atoms with Gasteiger partial charge >= 0.3 is 0 Å². The van der Waals surface area contributed by atoms with Crippen molar-refractivity contribution in [1.82, 2.24) is 5.32 Å². The lowest BCUT2D eigenvalue weighted by atomic mass is 9.86. The molecule has 0 aliphatic carbocycles. The number of ether oxygens (including phenoxy) is 1. The maximum Gasteiger partial charge on any atom is 0.221 e. The molecular formula is C19H27N2O8. The Kier molecular flexibility index (Phi) is 7.69. The van der Waals surface area contributed by atoms with Crippen LogP contribution in [-0.2, 0) is 14.3 Å². The normalized spacial score (nSPS) is 29.0. The summed E-state index contributed by atoms with van der Waals surface area (Å²) in [5.41, 5.74) is 0.786. The maximum atomic E-state index is 11.5. The molecule has 1 saturated heterocycles. The molecule has 1 aromatic carbocycles. The van der Waals surface area contributed by atoms with Crippen molar-refractivity contribution in [3.05, 3.63) is 36.2 Å². The molecule has 2 amide bonds. The molecule has 0 saturated carbocycles. The van der Waals surface area contributed by atoms with E-state index in [0.29, 0.717) is 11.3 Å². The highest BCUT2D eigenvalue weighted by atomic mass is 16.6. The first-order chi connectivity index (χ1) is 13.6. The first kappa shape index (κ1) is 23.2. The van der Waals surface area contributed by atoms with Gasteiger partial charge in [-0.2, -0.15) is 0 Å². The molecule has 161 valence electrons. The molecule has 1 aliphatic heterocycles. The van der Waals surface area contributed by atoms with Gasteiger partial charge in [-0.05, 0) is 11.6 Å². The van der Waals surface area contributed by atoms with Crippen molar-refractivity contribution in [2.24, 2.45) is 0 Å². The van der Waals surface area contributed by atoms with Crippen LogP contribution in [0.2, 0.25) is 0 Å². The van der Waals surface area contributed by atoms with Crippen molar-refractivity contribution in [2.45, 2.75) is 56.5 Å². The van der Waals surface area contributed by atoms with Crippen LogP contribution in [0.1, 0.15) is 25.8 Å². The van der Waals surface area contributed by atoms with E-state index < -0.39 is 48.8 Å². The molecule has 0 aromatic heterocycles. The largest absolute Gasteiger partial charge is 0.394 e. The van der Waals surface area contributed by atoms with E-state index in [4.69, 9.17) is 9.84 Å². The van der Waals surface area contributed by atoms with Gasteiger partial charge in [0.1, 0.15) is 18.3 Å². The van der Waals surface area contributed by atoms with E-state index in [9.17, 15) is 30.0 Å². The molecule has 2 rings (SSSR count). The molecule has 1 aliphatic rings. The quantitative estimate of drug-likeness (QED) is 0.277. The minimum Gasteiger partial charge on any atom is -0.394 e. The number of benzene rings is 1. The highest BCUT2D eigenvalue weighted by Crippen LogP contribution is 2.35. The molecule has 10 nitrogen and oxygen atoms in total. The van der Waals surface area contributed by atoms with Gasteiger partial charge in [0.2, 0.25) is 11.8 Å². The number of aliphatic hydroxyl groups excluding tert-OH is 4. The lowest BCUT2D eigenvalue weighted by Gasteiger charge is -2.46. The topological polar surface area (TPSA) is 169 Å². The Morgan fingerprint density at radius 2 is 1.93 bits per heavy atom. The van der Waals surface area contributed by atoms with E-state index >= 15 is 0 Å². The van der Waals surface area contributed by atoms with Gasteiger partial charge in [0.15, 0.2) is 5.79 Å². The summed E-state index contributed by atoms with van der Waals surface area (Å²) in [5, 5.41) is 55.8. The summed E-state index contributed by atoms with van der Waals surface area (Å²) in [6, 6.07) is 5.43. The second kappa shape index (κ2) is 9.61. The summed E-state index contributed by atoms with van der Waals surface area (Å²) < 4.78 is 5.60. The number of hydrogen-bond acceptors (Lipinski definition) is 8. The molecule has 6 atom stereocenters. The number of hydrogen-bond donors (Lipinski definition) is 7. The maximum absolute atomic E-state index is 11.5. The average Bonchev–Trinajstić information content (AvgIpc) is 2.63. The number of para-hydroxylation sites is 1. The molecule has 1 radical (unpaired) electrons.